The van der Waals surface area contributed by atoms with Crippen LogP contribution in [0.2, 0.25) is 0 Å². The molecule has 0 saturated heterocycles. The zero-order chi connectivity index (χ0) is 18.6. The van der Waals surface area contributed by atoms with Crippen molar-refractivity contribution in [3.63, 3.8) is 0 Å². The molecule has 7 heteroatoms. The first-order valence-electron chi connectivity index (χ1n) is 7.69. The van der Waals surface area contributed by atoms with Crippen LogP contribution in [-0.2, 0) is 21.3 Å². The van der Waals surface area contributed by atoms with Gasteiger partial charge in [-0.05, 0) is 42.3 Å². The van der Waals surface area contributed by atoms with Crippen LogP contribution in [0.4, 0.5) is 5.69 Å². The molecule has 0 bridgehead atoms. The smallest absolute Gasteiger partial charge is 0.337 e. The number of methoxy groups -OCH3 is 1. The van der Waals surface area contributed by atoms with E-state index in [-0.39, 0.29) is 17.0 Å². The summed E-state index contributed by atoms with van der Waals surface area (Å²) < 4.78 is 32.4. The lowest BCUT2D eigenvalue weighted by molar-refractivity contribution is 0.0600. The molecule has 0 aromatic heterocycles. The molecule has 2 aromatic rings. The summed E-state index contributed by atoms with van der Waals surface area (Å²) in [6.07, 6.45) is 0. The van der Waals surface area contributed by atoms with Crippen molar-refractivity contribution in [1.29, 1.82) is 0 Å². The lowest BCUT2D eigenvalue weighted by Crippen LogP contribution is -2.24. The number of carbonyl (C=O) groups is 1. The van der Waals surface area contributed by atoms with Crippen molar-refractivity contribution in [3.05, 3.63) is 59.2 Å². The maximum atomic E-state index is 12.6. The van der Waals surface area contributed by atoms with E-state index in [9.17, 15) is 13.2 Å². The number of hydrogen-bond acceptors (Lipinski definition) is 5. The van der Waals surface area contributed by atoms with Crippen LogP contribution in [0.3, 0.4) is 0 Å². The molecule has 0 saturated carbocycles. The van der Waals surface area contributed by atoms with Crippen molar-refractivity contribution in [2.24, 2.45) is 0 Å². The average molecular weight is 362 g/mol. The van der Waals surface area contributed by atoms with Gasteiger partial charge in [0, 0.05) is 26.3 Å². The van der Waals surface area contributed by atoms with E-state index >= 15 is 0 Å². The number of benzene rings is 2. The second-order valence-electron chi connectivity index (χ2n) is 5.86. The number of ether oxygens (including phenoxy) is 1. The van der Waals surface area contributed by atoms with Gasteiger partial charge in [-0.1, -0.05) is 18.2 Å². The van der Waals surface area contributed by atoms with E-state index in [4.69, 9.17) is 0 Å². The molecule has 0 radical (unpaired) electrons. The topological polar surface area (TPSA) is 75.7 Å². The van der Waals surface area contributed by atoms with Gasteiger partial charge in [0.15, 0.2) is 0 Å². The number of carbonyl (C=O) groups excluding carboxylic acids is 1. The number of aryl methyl sites for hydroxylation is 1. The van der Waals surface area contributed by atoms with Gasteiger partial charge in [0.2, 0.25) is 10.0 Å². The summed E-state index contributed by atoms with van der Waals surface area (Å²) in [5.41, 5.74) is 2.64. The number of hydrogen-bond donors (Lipinski definition) is 1. The Kier molecular flexibility index (Phi) is 5.81. The minimum absolute atomic E-state index is 0.0697. The Labute approximate surface area is 148 Å². The Bertz CT molecular complexity index is 859. The van der Waals surface area contributed by atoms with Crippen molar-refractivity contribution in [2.45, 2.75) is 18.4 Å². The van der Waals surface area contributed by atoms with Gasteiger partial charge in [-0.15, -0.1) is 0 Å². The maximum absolute atomic E-state index is 12.6. The molecular formula is C18H22N2O4S. The quantitative estimate of drug-likeness (QED) is 0.798. The van der Waals surface area contributed by atoms with Crippen LogP contribution in [0, 0.1) is 6.92 Å². The monoisotopic (exact) mass is 362 g/mol. The first-order chi connectivity index (χ1) is 11.7. The van der Waals surface area contributed by atoms with Gasteiger partial charge in [-0.3, -0.25) is 0 Å². The van der Waals surface area contributed by atoms with Gasteiger partial charge in [-0.2, -0.15) is 0 Å². The Morgan fingerprint density at radius 1 is 1.12 bits per heavy atom. The molecule has 2 aromatic carbocycles. The predicted octanol–water partition coefficient (Wildman–Crippen LogP) is 2.33. The zero-order valence-corrected chi connectivity index (χ0v) is 15.6. The van der Waals surface area contributed by atoms with E-state index in [1.54, 1.807) is 19.1 Å². The highest BCUT2D eigenvalue weighted by Crippen LogP contribution is 2.18. The second-order valence-corrected chi connectivity index (χ2v) is 7.59. The summed E-state index contributed by atoms with van der Waals surface area (Å²) in [5, 5.41) is 0. The molecule has 0 fully saturated rings. The molecule has 0 amide bonds. The number of nitrogens with zero attached hydrogens (tertiary/aromatic N) is 1. The van der Waals surface area contributed by atoms with Crippen molar-refractivity contribution in [3.8, 4) is 0 Å². The molecule has 0 spiro atoms. The van der Waals surface area contributed by atoms with Gasteiger partial charge in [0.25, 0.3) is 0 Å². The van der Waals surface area contributed by atoms with E-state index in [0.717, 1.165) is 11.3 Å². The number of esters is 1. The van der Waals surface area contributed by atoms with E-state index in [1.165, 1.54) is 13.2 Å². The molecule has 25 heavy (non-hydrogen) atoms. The second kappa shape index (κ2) is 7.67. The highest BCUT2D eigenvalue weighted by atomic mass is 32.2. The third-order valence-corrected chi connectivity index (χ3v) is 5.36. The fourth-order valence-electron chi connectivity index (χ4n) is 2.30. The van der Waals surface area contributed by atoms with E-state index in [0.29, 0.717) is 5.56 Å². The Balaban J connectivity index is 2.20. The zero-order valence-electron chi connectivity index (χ0n) is 14.7. The van der Waals surface area contributed by atoms with Crippen LogP contribution in [0.1, 0.15) is 21.5 Å². The van der Waals surface area contributed by atoms with Crippen molar-refractivity contribution in [1.82, 2.24) is 4.72 Å². The summed E-state index contributed by atoms with van der Waals surface area (Å²) >= 11 is 0. The normalized spacial score (nSPS) is 11.2. The molecule has 134 valence electrons. The standard InChI is InChI=1S/C18H22N2O4S/c1-13-5-8-15(18(21)24-4)11-17(13)25(22,23)19-12-14-6-9-16(10-7-14)20(2)3/h5-11,19H,12H2,1-4H3. The molecule has 2 rings (SSSR count). The van der Waals surface area contributed by atoms with Crippen molar-refractivity contribution in [2.75, 3.05) is 26.1 Å². The van der Waals surface area contributed by atoms with Gasteiger partial charge in [0.05, 0.1) is 17.6 Å². The molecule has 0 aliphatic carbocycles. The Morgan fingerprint density at radius 2 is 1.76 bits per heavy atom. The molecule has 1 N–H and O–H groups in total. The van der Waals surface area contributed by atoms with E-state index < -0.39 is 16.0 Å². The SMILES string of the molecule is COC(=O)c1ccc(C)c(S(=O)(=O)NCc2ccc(N(C)C)cc2)c1. The van der Waals surface area contributed by atoms with Gasteiger partial charge < -0.3 is 9.64 Å². The lowest BCUT2D eigenvalue weighted by Gasteiger charge is -2.13. The largest absolute Gasteiger partial charge is 0.465 e. The summed E-state index contributed by atoms with van der Waals surface area (Å²) in [5.74, 6) is -0.573. The molecular weight excluding hydrogens is 340 g/mol. The average Bonchev–Trinajstić information content (AvgIpc) is 2.60. The minimum atomic E-state index is -3.75. The highest BCUT2D eigenvalue weighted by Gasteiger charge is 2.19. The molecule has 0 heterocycles. The van der Waals surface area contributed by atoms with Gasteiger partial charge in [-0.25, -0.2) is 17.9 Å². The first kappa shape index (κ1) is 19.0. The number of sulfonamides is 1. The number of nitrogens with one attached hydrogen (secondary N) is 1. The fraction of sp³-hybridized carbons (Fsp3) is 0.278. The van der Waals surface area contributed by atoms with Crippen LogP contribution in [0.15, 0.2) is 47.4 Å². The number of rotatable bonds is 6. The lowest BCUT2D eigenvalue weighted by atomic mass is 10.1. The van der Waals surface area contributed by atoms with E-state index in [2.05, 4.69) is 9.46 Å². The number of anilines is 1. The molecule has 0 unspecified atom stereocenters. The molecule has 0 atom stereocenters. The predicted molar refractivity (Wildman–Crippen MR) is 97.3 cm³/mol. The van der Waals surface area contributed by atoms with Crippen LogP contribution in [0.5, 0.6) is 0 Å². The summed E-state index contributed by atoms with van der Waals surface area (Å²) in [7, 11) is 1.39. The van der Waals surface area contributed by atoms with Gasteiger partial charge >= 0.3 is 5.97 Å². The van der Waals surface area contributed by atoms with E-state index in [1.807, 2.05) is 43.3 Å². The van der Waals surface area contributed by atoms with Crippen LogP contribution >= 0.6 is 0 Å². The minimum Gasteiger partial charge on any atom is -0.465 e. The molecule has 6 nitrogen and oxygen atoms in total. The van der Waals surface area contributed by atoms with Crippen LogP contribution in [0.25, 0.3) is 0 Å². The van der Waals surface area contributed by atoms with Gasteiger partial charge in [0.1, 0.15) is 0 Å². The Morgan fingerprint density at radius 3 is 2.32 bits per heavy atom. The maximum Gasteiger partial charge on any atom is 0.337 e. The van der Waals surface area contributed by atoms with Crippen LogP contribution < -0.4 is 9.62 Å². The summed E-state index contributed by atoms with van der Waals surface area (Å²) in [6.45, 7) is 1.85. The summed E-state index contributed by atoms with van der Waals surface area (Å²) in [6, 6.07) is 12.1. The van der Waals surface area contributed by atoms with Crippen molar-refractivity contribution >= 4 is 21.7 Å². The molecule has 0 aliphatic heterocycles. The van der Waals surface area contributed by atoms with Crippen LogP contribution in [-0.4, -0.2) is 35.6 Å². The Hall–Kier alpha value is -2.38. The fourth-order valence-corrected chi connectivity index (χ4v) is 3.59. The highest BCUT2D eigenvalue weighted by molar-refractivity contribution is 7.89. The third-order valence-electron chi connectivity index (χ3n) is 3.82. The third kappa shape index (κ3) is 4.58. The van der Waals surface area contributed by atoms with Crippen molar-refractivity contribution < 1.29 is 17.9 Å². The molecule has 0 aliphatic rings. The first-order valence-corrected chi connectivity index (χ1v) is 9.18. The summed E-state index contributed by atoms with van der Waals surface area (Å²) in [4.78, 5) is 13.7.